The van der Waals surface area contributed by atoms with Gasteiger partial charge in [0.05, 0.1) is 0 Å². The number of alkyl halides is 3. The van der Waals surface area contributed by atoms with Crippen molar-refractivity contribution < 1.29 is 22.0 Å². The molecule has 0 nitrogen and oxygen atoms in total. The molecule has 180 valence electrons. The zero-order chi connectivity index (χ0) is 23.1. The van der Waals surface area contributed by atoms with Crippen molar-refractivity contribution in [3.63, 3.8) is 0 Å². The minimum atomic E-state index is -5.00. The van der Waals surface area contributed by atoms with Gasteiger partial charge >= 0.3 is 6.18 Å². The maximum Gasteiger partial charge on any atom is 0.422 e. The van der Waals surface area contributed by atoms with Crippen LogP contribution in [0.4, 0.5) is 22.0 Å². The normalized spacial score (nSPS) is 27.2. The summed E-state index contributed by atoms with van der Waals surface area (Å²) in [6.07, 6.45) is 14.7. The molecule has 0 N–H and O–H groups in total. The largest absolute Gasteiger partial charge is 0.422 e. The summed E-state index contributed by atoms with van der Waals surface area (Å²) in [5, 5.41) is 0. The van der Waals surface area contributed by atoms with Gasteiger partial charge in [0.15, 0.2) is 0 Å². The molecule has 0 aromatic heterocycles. The lowest BCUT2D eigenvalue weighted by Gasteiger charge is -2.32. The fraction of sp³-hybridized carbons (Fsp3) is 0.704. The van der Waals surface area contributed by atoms with Crippen LogP contribution in [0, 0.1) is 29.4 Å². The minimum Gasteiger partial charge on any atom is -0.206 e. The molecule has 0 unspecified atom stereocenters. The van der Waals surface area contributed by atoms with Crippen molar-refractivity contribution in [3.05, 3.63) is 47.0 Å². The summed E-state index contributed by atoms with van der Waals surface area (Å²) < 4.78 is 66.3. The maximum atomic E-state index is 13.9. The molecule has 0 spiro atoms. The molecular weight excluding hydrogens is 419 g/mol. The summed E-state index contributed by atoms with van der Waals surface area (Å²) >= 11 is 0. The van der Waals surface area contributed by atoms with Crippen molar-refractivity contribution >= 4 is 0 Å². The van der Waals surface area contributed by atoms with Gasteiger partial charge in [-0.25, -0.2) is 8.78 Å². The van der Waals surface area contributed by atoms with Gasteiger partial charge in [-0.3, -0.25) is 0 Å². The van der Waals surface area contributed by atoms with Gasteiger partial charge in [-0.15, -0.1) is 0 Å². The van der Waals surface area contributed by atoms with E-state index < -0.39 is 23.4 Å². The molecule has 2 aliphatic carbocycles. The predicted molar refractivity (Wildman–Crippen MR) is 119 cm³/mol. The topological polar surface area (TPSA) is 0 Å². The van der Waals surface area contributed by atoms with Crippen molar-refractivity contribution in [1.82, 2.24) is 0 Å². The zero-order valence-corrected chi connectivity index (χ0v) is 19.2. The highest BCUT2D eigenvalue weighted by Crippen LogP contribution is 2.42. The Kier molecular flexibility index (Phi) is 9.19. The molecule has 2 aliphatic rings. The Labute approximate surface area is 189 Å². The third kappa shape index (κ3) is 7.05. The summed E-state index contributed by atoms with van der Waals surface area (Å²) in [6, 6.07) is 1.79. The second kappa shape index (κ2) is 11.7. The van der Waals surface area contributed by atoms with Crippen LogP contribution in [0.2, 0.25) is 0 Å². The summed E-state index contributed by atoms with van der Waals surface area (Å²) in [6.45, 7) is 2.08. The zero-order valence-electron chi connectivity index (χ0n) is 19.2. The van der Waals surface area contributed by atoms with Gasteiger partial charge in [0.1, 0.15) is 17.2 Å². The monoisotopic (exact) mass is 456 g/mol. The molecule has 0 aliphatic heterocycles. The van der Waals surface area contributed by atoms with Gasteiger partial charge in [0, 0.05) is 0 Å². The van der Waals surface area contributed by atoms with Gasteiger partial charge in [-0.05, 0) is 86.8 Å². The third-order valence-corrected chi connectivity index (χ3v) is 7.83. The van der Waals surface area contributed by atoms with Crippen LogP contribution in [-0.2, 0) is 6.18 Å². The van der Waals surface area contributed by atoms with E-state index in [1.165, 1.54) is 57.8 Å². The average molecular weight is 457 g/mol. The Hall–Kier alpha value is -1.39. The summed E-state index contributed by atoms with van der Waals surface area (Å²) in [7, 11) is 0. The Bertz CT molecular complexity index is 712. The standard InChI is InChI=1S/C27H37F5/c1-2-3-4-5-6-19-7-9-20(10-8-19)11-12-21-13-15-22(16-14-21)23-17-24(28)26(25(29)18-23)27(30,31)32/h2-3,17-22H,4-16H2,1H3. The van der Waals surface area contributed by atoms with Crippen LogP contribution in [0.3, 0.4) is 0 Å². The van der Waals surface area contributed by atoms with Crippen molar-refractivity contribution in [2.45, 2.75) is 102 Å². The summed E-state index contributed by atoms with van der Waals surface area (Å²) in [4.78, 5) is 0. The van der Waals surface area contributed by atoms with Crippen LogP contribution < -0.4 is 0 Å². The van der Waals surface area contributed by atoms with Crippen molar-refractivity contribution in [1.29, 1.82) is 0 Å². The number of benzene rings is 1. The first-order valence-corrected chi connectivity index (χ1v) is 12.4. The third-order valence-electron chi connectivity index (χ3n) is 7.83. The molecule has 0 bridgehead atoms. The molecule has 0 radical (unpaired) electrons. The van der Waals surface area contributed by atoms with Crippen LogP contribution >= 0.6 is 0 Å². The van der Waals surface area contributed by atoms with Crippen LogP contribution in [-0.4, -0.2) is 0 Å². The predicted octanol–water partition coefficient (Wildman–Crippen LogP) is 9.59. The SMILES string of the molecule is CC=CCCCC1CCC(CCC2CCC(c3cc(F)c(C(F)(F)F)c(F)c3)CC2)CC1. The van der Waals surface area contributed by atoms with Crippen molar-refractivity contribution in [3.8, 4) is 0 Å². The van der Waals surface area contributed by atoms with Crippen LogP contribution in [0.5, 0.6) is 0 Å². The molecule has 3 rings (SSSR count). The molecular formula is C27H37F5. The Balaban J connectivity index is 1.39. The number of hydrogen-bond acceptors (Lipinski definition) is 0. The highest BCUT2D eigenvalue weighted by atomic mass is 19.4. The van der Waals surface area contributed by atoms with E-state index in [1.54, 1.807) is 0 Å². The van der Waals surface area contributed by atoms with E-state index in [2.05, 4.69) is 19.1 Å². The number of halogens is 5. The van der Waals surface area contributed by atoms with E-state index in [0.29, 0.717) is 11.5 Å². The van der Waals surface area contributed by atoms with Gasteiger partial charge in [0.2, 0.25) is 0 Å². The quantitative estimate of drug-likeness (QED) is 0.207. The van der Waals surface area contributed by atoms with Crippen molar-refractivity contribution in [2.75, 3.05) is 0 Å². The molecule has 5 heteroatoms. The summed E-state index contributed by atoms with van der Waals surface area (Å²) in [5.74, 6) is -0.669. The first-order chi connectivity index (χ1) is 15.3. The highest BCUT2D eigenvalue weighted by molar-refractivity contribution is 5.30. The lowest BCUT2D eigenvalue weighted by molar-refractivity contribution is -0.142. The summed E-state index contributed by atoms with van der Waals surface area (Å²) in [5.41, 5.74) is -1.40. The minimum absolute atomic E-state index is 0.0458. The van der Waals surface area contributed by atoms with Gasteiger partial charge < -0.3 is 0 Å². The molecule has 0 atom stereocenters. The number of hydrogen-bond donors (Lipinski definition) is 0. The second-order valence-electron chi connectivity index (χ2n) is 10.0. The van der Waals surface area contributed by atoms with E-state index in [9.17, 15) is 22.0 Å². The number of allylic oxidation sites excluding steroid dienone is 2. The molecule has 1 aromatic carbocycles. The molecule has 0 amide bonds. The Morgan fingerprint density at radius 3 is 1.72 bits per heavy atom. The molecule has 2 fully saturated rings. The second-order valence-corrected chi connectivity index (χ2v) is 10.0. The fourth-order valence-electron chi connectivity index (χ4n) is 5.85. The Morgan fingerprint density at radius 1 is 0.781 bits per heavy atom. The van der Waals surface area contributed by atoms with Crippen molar-refractivity contribution in [2.24, 2.45) is 17.8 Å². The average Bonchev–Trinajstić information content (AvgIpc) is 2.75. The lowest BCUT2D eigenvalue weighted by Crippen LogP contribution is -2.18. The number of unbranched alkanes of at least 4 members (excludes halogenated alkanes) is 1. The van der Waals surface area contributed by atoms with Crippen LogP contribution in [0.25, 0.3) is 0 Å². The van der Waals surface area contributed by atoms with Crippen LogP contribution in [0.15, 0.2) is 24.3 Å². The molecule has 0 heterocycles. The number of rotatable bonds is 8. The first kappa shape index (κ1) is 25.2. The smallest absolute Gasteiger partial charge is 0.206 e. The molecule has 0 saturated heterocycles. The molecule has 2 saturated carbocycles. The van der Waals surface area contributed by atoms with E-state index in [-0.39, 0.29) is 5.92 Å². The van der Waals surface area contributed by atoms with Gasteiger partial charge in [0.25, 0.3) is 0 Å². The van der Waals surface area contributed by atoms with E-state index in [0.717, 1.165) is 49.7 Å². The molecule has 1 aromatic rings. The van der Waals surface area contributed by atoms with Crippen LogP contribution in [0.1, 0.15) is 107 Å². The first-order valence-electron chi connectivity index (χ1n) is 12.4. The fourth-order valence-corrected chi connectivity index (χ4v) is 5.85. The van der Waals surface area contributed by atoms with E-state index in [1.807, 2.05) is 0 Å². The molecule has 32 heavy (non-hydrogen) atoms. The lowest BCUT2D eigenvalue weighted by atomic mass is 9.74. The highest BCUT2D eigenvalue weighted by Gasteiger charge is 2.38. The van der Waals surface area contributed by atoms with Gasteiger partial charge in [-0.1, -0.05) is 57.1 Å². The van der Waals surface area contributed by atoms with E-state index in [4.69, 9.17) is 0 Å². The Morgan fingerprint density at radius 2 is 1.25 bits per heavy atom. The van der Waals surface area contributed by atoms with Gasteiger partial charge in [-0.2, -0.15) is 13.2 Å². The van der Waals surface area contributed by atoms with E-state index >= 15 is 0 Å². The maximum absolute atomic E-state index is 13.9.